The van der Waals surface area contributed by atoms with Crippen LogP contribution in [0.15, 0.2) is 22.6 Å². The molecule has 0 spiro atoms. The number of rotatable bonds is 2. The Balaban J connectivity index is 1.38. The van der Waals surface area contributed by atoms with Gasteiger partial charge in [0.05, 0.1) is 0 Å². The number of fused-ring (bicyclic) bond motifs is 1. The van der Waals surface area contributed by atoms with Gasteiger partial charge in [-0.1, -0.05) is 19.3 Å². The molecule has 1 aliphatic carbocycles. The van der Waals surface area contributed by atoms with E-state index in [-0.39, 0.29) is 17.7 Å². The molecule has 2 heterocycles. The number of carbonyl (C=O) groups excluding carboxylic acids is 2. The Morgan fingerprint density at radius 1 is 1.04 bits per heavy atom. The Hall–Kier alpha value is -2.37. The van der Waals surface area contributed by atoms with Crippen LogP contribution in [0.5, 0.6) is 0 Å². The van der Waals surface area contributed by atoms with Crippen molar-refractivity contribution in [3.63, 3.8) is 0 Å². The third-order valence-corrected chi connectivity index (χ3v) is 5.58. The van der Waals surface area contributed by atoms with Crippen LogP contribution < -0.4 is 0 Å². The SMILES string of the molecule is Cc1nc2ccc(C(=O)N3CCN(C(=O)C4CCCCC4)CC3)cc2o1. The molecule has 2 fully saturated rings. The molecule has 26 heavy (non-hydrogen) atoms. The lowest BCUT2D eigenvalue weighted by Crippen LogP contribution is -2.52. The van der Waals surface area contributed by atoms with Crippen LogP contribution in [0.3, 0.4) is 0 Å². The summed E-state index contributed by atoms with van der Waals surface area (Å²) in [4.78, 5) is 33.5. The van der Waals surface area contributed by atoms with Crippen molar-refractivity contribution in [2.75, 3.05) is 26.2 Å². The van der Waals surface area contributed by atoms with Crippen LogP contribution in [0.1, 0.15) is 48.4 Å². The highest BCUT2D eigenvalue weighted by atomic mass is 16.3. The van der Waals surface area contributed by atoms with E-state index in [1.54, 1.807) is 19.1 Å². The Kier molecular flexibility index (Phi) is 4.66. The summed E-state index contributed by atoms with van der Waals surface area (Å²) in [6.45, 7) is 4.23. The lowest BCUT2D eigenvalue weighted by atomic mass is 9.88. The Bertz CT molecular complexity index is 815. The topological polar surface area (TPSA) is 66.7 Å². The Labute approximate surface area is 153 Å². The number of hydrogen-bond acceptors (Lipinski definition) is 4. The van der Waals surface area contributed by atoms with Gasteiger partial charge in [0, 0.05) is 44.6 Å². The molecule has 1 aromatic carbocycles. The lowest BCUT2D eigenvalue weighted by molar-refractivity contribution is -0.138. The number of oxazole rings is 1. The summed E-state index contributed by atoms with van der Waals surface area (Å²) in [6.07, 6.45) is 5.63. The van der Waals surface area contributed by atoms with Crippen LogP contribution >= 0.6 is 0 Å². The van der Waals surface area contributed by atoms with Crippen LogP contribution in [0, 0.1) is 12.8 Å². The van der Waals surface area contributed by atoms with Gasteiger partial charge in [0.15, 0.2) is 11.5 Å². The predicted molar refractivity (Wildman–Crippen MR) is 97.8 cm³/mol. The number of nitrogens with zero attached hydrogens (tertiary/aromatic N) is 3. The molecule has 2 aromatic rings. The first-order valence-corrected chi connectivity index (χ1v) is 9.57. The highest BCUT2D eigenvalue weighted by Gasteiger charge is 2.30. The molecule has 138 valence electrons. The van der Waals surface area contributed by atoms with Gasteiger partial charge in [-0.3, -0.25) is 9.59 Å². The van der Waals surface area contributed by atoms with E-state index < -0.39 is 0 Å². The number of amides is 2. The van der Waals surface area contributed by atoms with Crippen LogP contribution in [-0.4, -0.2) is 52.8 Å². The maximum Gasteiger partial charge on any atom is 0.254 e. The van der Waals surface area contributed by atoms with E-state index in [9.17, 15) is 9.59 Å². The lowest BCUT2D eigenvalue weighted by Gasteiger charge is -2.37. The maximum absolute atomic E-state index is 12.8. The first-order valence-electron chi connectivity index (χ1n) is 9.57. The average molecular weight is 355 g/mol. The van der Waals surface area contributed by atoms with Crippen LogP contribution in [0.25, 0.3) is 11.1 Å². The molecule has 1 saturated carbocycles. The third-order valence-electron chi connectivity index (χ3n) is 5.58. The van der Waals surface area contributed by atoms with Gasteiger partial charge in [0.25, 0.3) is 5.91 Å². The summed E-state index contributed by atoms with van der Waals surface area (Å²) in [6, 6.07) is 5.38. The largest absolute Gasteiger partial charge is 0.441 e. The second-order valence-electron chi connectivity index (χ2n) is 7.37. The number of benzene rings is 1. The molecular weight excluding hydrogens is 330 g/mol. The molecule has 1 aromatic heterocycles. The van der Waals surface area contributed by atoms with E-state index in [1.165, 1.54) is 19.3 Å². The van der Waals surface area contributed by atoms with E-state index >= 15 is 0 Å². The molecule has 2 amide bonds. The normalized spacial score (nSPS) is 19.1. The Morgan fingerprint density at radius 2 is 1.73 bits per heavy atom. The maximum atomic E-state index is 12.8. The quantitative estimate of drug-likeness (QED) is 0.830. The summed E-state index contributed by atoms with van der Waals surface area (Å²) in [7, 11) is 0. The zero-order valence-electron chi connectivity index (χ0n) is 15.2. The molecular formula is C20H25N3O3. The predicted octanol–water partition coefficient (Wildman–Crippen LogP) is 3.00. The highest BCUT2D eigenvalue weighted by Crippen LogP contribution is 2.26. The molecule has 1 saturated heterocycles. The van der Waals surface area contributed by atoms with Gasteiger partial charge >= 0.3 is 0 Å². The summed E-state index contributed by atoms with van der Waals surface area (Å²) >= 11 is 0. The first-order chi connectivity index (χ1) is 12.6. The van der Waals surface area contributed by atoms with Crippen molar-refractivity contribution in [3.8, 4) is 0 Å². The van der Waals surface area contributed by atoms with Crippen molar-refractivity contribution in [3.05, 3.63) is 29.7 Å². The van der Waals surface area contributed by atoms with Gasteiger partial charge in [-0.15, -0.1) is 0 Å². The Morgan fingerprint density at radius 3 is 2.46 bits per heavy atom. The first kappa shape index (κ1) is 17.1. The van der Waals surface area contributed by atoms with Gasteiger partial charge < -0.3 is 14.2 Å². The number of piperazine rings is 1. The van der Waals surface area contributed by atoms with Crippen molar-refractivity contribution in [1.29, 1.82) is 0 Å². The smallest absolute Gasteiger partial charge is 0.254 e. The summed E-state index contributed by atoms with van der Waals surface area (Å²) in [5.41, 5.74) is 2.02. The van der Waals surface area contributed by atoms with Gasteiger partial charge in [0.2, 0.25) is 5.91 Å². The van der Waals surface area contributed by atoms with Gasteiger partial charge in [0.1, 0.15) is 5.52 Å². The fraction of sp³-hybridized carbons (Fsp3) is 0.550. The molecule has 0 radical (unpaired) electrons. The monoisotopic (exact) mass is 355 g/mol. The molecule has 0 unspecified atom stereocenters. The molecule has 4 rings (SSSR count). The van der Waals surface area contributed by atoms with Crippen molar-refractivity contribution >= 4 is 22.9 Å². The van der Waals surface area contributed by atoms with Gasteiger partial charge in [-0.2, -0.15) is 0 Å². The zero-order valence-corrected chi connectivity index (χ0v) is 15.2. The summed E-state index contributed by atoms with van der Waals surface area (Å²) in [5.74, 6) is 1.07. The highest BCUT2D eigenvalue weighted by molar-refractivity contribution is 5.97. The van der Waals surface area contributed by atoms with E-state index in [2.05, 4.69) is 4.98 Å². The summed E-state index contributed by atoms with van der Waals surface area (Å²) in [5, 5.41) is 0. The van der Waals surface area contributed by atoms with Crippen LogP contribution in [0.4, 0.5) is 0 Å². The van der Waals surface area contributed by atoms with Gasteiger partial charge in [-0.05, 0) is 31.0 Å². The second-order valence-corrected chi connectivity index (χ2v) is 7.37. The molecule has 2 aliphatic rings. The minimum absolute atomic E-state index is 0.00859. The molecule has 0 N–H and O–H groups in total. The van der Waals surface area contributed by atoms with Gasteiger partial charge in [-0.25, -0.2) is 4.98 Å². The number of aromatic nitrogens is 1. The zero-order chi connectivity index (χ0) is 18.1. The third kappa shape index (κ3) is 3.32. The molecule has 6 nitrogen and oxygen atoms in total. The number of hydrogen-bond donors (Lipinski definition) is 0. The van der Waals surface area contributed by atoms with E-state index in [4.69, 9.17) is 4.42 Å². The van der Waals surface area contributed by atoms with E-state index in [1.807, 2.05) is 15.9 Å². The van der Waals surface area contributed by atoms with Crippen LogP contribution in [-0.2, 0) is 4.79 Å². The molecule has 0 bridgehead atoms. The fourth-order valence-electron chi connectivity index (χ4n) is 4.09. The summed E-state index contributed by atoms with van der Waals surface area (Å²) < 4.78 is 5.53. The van der Waals surface area contributed by atoms with Crippen molar-refractivity contribution in [2.45, 2.75) is 39.0 Å². The second kappa shape index (κ2) is 7.09. The number of aryl methyl sites for hydroxylation is 1. The number of carbonyl (C=O) groups is 2. The van der Waals surface area contributed by atoms with Crippen molar-refractivity contribution in [2.24, 2.45) is 5.92 Å². The minimum atomic E-state index is -0.00859. The average Bonchev–Trinajstić information content (AvgIpc) is 3.07. The molecule has 0 atom stereocenters. The standard InChI is InChI=1S/C20H25N3O3/c1-14-21-17-8-7-16(13-18(17)26-14)20(25)23-11-9-22(10-12-23)19(24)15-5-3-2-4-6-15/h7-8,13,15H,2-6,9-12H2,1H3. The van der Waals surface area contributed by atoms with Crippen molar-refractivity contribution in [1.82, 2.24) is 14.8 Å². The minimum Gasteiger partial charge on any atom is -0.441 e. The van der Waals surface area contributed by atoms with E-state index in [0.717, 1.165) is 18.4 Å². The van der Waals surface area contributed by atoms with Crippen LogP contribution in [0.2, 0.25) is 0 Å². The molecule has 6 heteroatoms. The fourth-order valence-corrected chi connectivity index (χ4v) is 4.09. The van der Waals surface area contributed by atoms with E-state index in [0.29, 0.717) is 43.2 Å². The van der Waals surface area contributed by atoms with Crippen molar-refractivity contribution < 1.29 is 14.0 Å². The molecule has 1 aliphatic heterocycles.